The molecular formula is C12H11F2NO4. The first-order valence-corrected chi connectivity index (χ1v) is 5.49. The average molecular weight is 271 g/mol. The normalized spacial score (nSPS) is 22.2. The van der Waals surface area contributed by atoms with E-state index >= 15 is 0 Å². The number of aliphatic carboxylic acids is 1. The quantitative estimate of drug-likeness (QED) is 0.800. The van der Waals surface area contributed by atoms with Gasteiger partial charge in [0.2, 0.25) is 5.91 Å². The summed E-state index contributed by atoms with van der Waals surface area (Å²) in [5.41, 5.74) is 0.113. The largest absolute Gasteiger partial charge is 0.491 e. The van der Waals surface area contributed by atoms with Gasteiger partial charge in [0.1, 0.15) is 5.92 Å². The van der Waals surface area contributed by atoms with Gasteiger partial charge in [-0.25, -0.2) is 8.78 Å². The van der Waals surface area contributed by atoms with Gasteiger partial charge >= 0.3 is 5.97 Å². The second-order valence-corrected chi connectivity index (χ2v) is 4.19. The molecule has 2 N–H and O–H groups in total. The molecular weight excluding hydrogens is 260 g/mol. The van der Waals surface area contributed by atoms with E-state index < -0.39 is 41.1 Å². The summed E-state index contributed by atoms with van der Waals surface area (Å²) >= 11 is 0. The van der Waals surface area contributed by atoms with Crippen molar-refractivity contribution in [1.82, 2.24) is 5.32 Å². The predicted molar refractivity (Wildman–Crippen MR) is 59.8 cm³/mol. The molecule has 0 unspecified atom stereocenters. The van der Waals surface area contributed by atoms with Gasteiger partial charge in [0.15, 0.2) is 17.4 Å². The number of halogens is 2. The molecule has 0 radical (unpaired) electrons. The highest BCUT2D eigenvalue weighted by Crippen LogP contribution is 2.33. The third-order valence-corrected chi connectivity index (χ3v) is 3.10. The highest BCUT2D eigenvalue weighted by molar-refractivity contribution is 5.99. The molecule has 2 atom stereocenters. The maximum Gasteiger partial charge on any atom is 0.316 e. The number of carboxylic acid groups (broad SMARTS) is 1. The number of hydrogen-bond donors (Lipinski definition) is 2. The number of methoxy groups -OCH3 is 1. The highest BCUT2D eigenvalue weighted by atomic mass is 19.1. The van der Waals surface area contributed by atoms with Crippen LogP contribution < -0.4 is 10.1 Å². The first kappa shape index (κ1) is 13.3. The molecule has 1 aliphatic heterocycles. The van der Waals surface area contributed by atoms with Crippen molar-refractivity contribution in [2.24, 2.45) is 5.92 Å². The molecule has 1 aliphatic rings. The highest BCUT2D eigenvalue weighted by Gasteiger charge is 2.41. The van der Waals surface area contributed by atoms with E-state index in [0.717, 1.165) is 19.2 Å². The molecule has 0 bridgehead atoms. The van der Waals surface area contributed by atoms with Crippen molar-refractivity contribution < 1.29 is 28.2 Å². The summed E-state index contributed by atoms with van der Waals surface area (Å²) in [6.07, 6.45) is 0. The van der Waals surface area contributed by atoms with E-state index in [1.54, 1.807) is 0 Å². The summed E-state index contributed by atoms with van der Waals surface area (Å²) in [6, 6.07) is 1.98. The summed E-state index contributed by atoms with van der Waals surface area (Å²) in [4.78, 5) is 22.4. The predicted octanol–water partition coefficient (Wildman–Crippen LogP) is 0.888. The van der Waals surface area contributed by atoms with Crippen LogP contribution in [-0.2, 0) is 9.59 Å². The van der Waals surface area contributed by atoms with Gasteiger partial charge in [-0.2, -0.15) is 0 Å². The molecule has 1 amide bonds. The summed E-state index contributed by atoms with van der Waals surface area (Å²) in [5, 5.41) is 11.4. The van der Waals surface area contributed by atoms with E-state index in [4.69, 9.17) is 5.11 Å². The Bertz CT molecular complexity index is 524. The zero-order valence-corrected chi connectivity index (χ0v) is 9.94. The van der Waals surface area contributed by atoms with E-state index in [1.165, 1.54) is 0 Å². The Morgan fingerprint density at radius 1 is 1.42 bits per heavy atom. The Morgan fingerprint density at radius 3 is 2.47 bits per heavy atom. The van der Waals surface area contributed by atoms with Crippen LogP contribution >= 0.6 is 0 Å². The molecule has 1 heterocycles. The van der Waals surface area contributed by atoms with Crippen LogP contribution in [-0.4, -0.2) is 30.6 Å². The van der Waals surface area contributed by atoms with Gasteiger partial charge in [-0.15, -0.1) is 0 Å². The monoisotopic (exact) mass is 271 g/mol. The van der Waals surface area contributed by atoms with Crippen LogP contribution in [0.15, 0.2) is 12.1 Å². The van der Waals surface area contributed by atoms with Crippen molar-refractivity contribution in [1.29, 1.82) is 0 Å². The maximum absolute atomic E-state index is 13.6. The fourth-order valence-corrected chi connectivity index (χ4v) is 2.20. The minimum atomic E-state index is -1.34. The molecule has 1 saturated heterocycles. The molecule has 102 valence electrons. The third kappa shape index (κ3) is 2.23. The van der Waals surface area contributed by atoms with Gasteiger partial charge in [-0.05, 0) is 17.7 Å². The Labute approximate surface area is 107 Å². The number of carbonyl (C=O) groups is 2. The van der Waals surface area contributed by atoms with Crippen LogP contribution in [0, 0.1) is 17.6 Å². The van der Waals surface area contributed by atoms with Crippen LogP contribution in [0.25, 0.3) is 0 Å². The van der Waals surface area contributed by atoms with E-state index in [2.05, 4.69) is 10.1 Å². The van der Waals surface area contributed by atoms with E-state index in [1.807, 2.05) is 0 Å². The molecule has 0 spiro atoms. The summed E-state index contributed by atoms with van der Waals surface area (Å²) in [6.45, 7) is 0.0288. The van der Waals surface area contributed by atoms with Gasteiger partial charge in [0.25, 0.3) is 0 Å². The van der Waals surface area contributed by atoms with Crippen molar-refractivity contribution in [3.05, 3.63) is 29.3 Å². The molecule has 19 heavy (non-hydrogen) atoms. The standard InChI is InChI=1S/C12H11F2NO4/c1-19-10-7(13)2-5(3-8(10)14)6-4-15-11(16)9(6)12(17)18/h2-3,6,9H,4H2,1H3,(H,15,16)(H,17,18)/t6-,9-/m1/s1. The number of ether oxygens (including phenoxy) is 1. The number of rotatable bonds is 3. The van der Waals surface area contributed by atoms with Crippen LogP contribution in [0.5, 0.6) is 5.75 Å². The number of carboxylic acids is 1. The second-order valence-electron chi connectivity index (χ2n) is 4.19. The first-order chi connectivity index (χ1) is 8.95. The smallest absolute Gasteiger partial charge is 0.316 e. The van der Waals surface area contributed by atoms with Crippen LogP contribution in [0.3, 0.4) is 0 Å². The van der Waals surface area contributed by atoms with Crippen LogP contribution in [0.2, 0.25) is 0 Å². The SMILES string of the molecule is COc1c(F)cc([C@H]2CNC(=O)[C@@H]2C(=O)O)cc1F. The number of nitrogens with one attached hydrogen (secondary N) is 1. The molecule has 0 saturated carbocycles. The van der Waals surface area contributed by atoms with Gasteiger partial charge in [0, 0.05) is 12.5 Å². The number of carbonyl (C=O) groups excluding carboxylic acids is 1. The topological polar surface area (TPSA) is 75.6 Å². The molecule has 0 aromatic heterocycles. The number of benzene rings is 1. The number of amides is 1. The lowest BCUT2D eigenvalue weighted by molar-refractivity contribution is -0.145. The summed E-state index contributed by atoms with van der Waals surface area (Å²) < 4.78 is 31.7. The fourth-order valence-electron chi connectivity index (χ4n) is 2.20. The minimum Gasteiger partial charge on any atom is -0.491 e. The Morgan fingerprint density at radius 2 is 2.00 bits per heavy atom. The van der Waals surface area contributed by atoms with Crippen molar-refractivity contribution in [2.45, 2.75) is 5.92 Å². The van der Waals surface area contributed by atoms with Crippen molar-refractivity contribution >= 4 is 11.9 Å². The van der Waals surface area contributed by atoms with E-state index in [0.29, 0.717) is 0 Å². The average Bonchev–Trinajstić information content (AvgIpc) is 2.70. The molecule has 7 heteroatoms. The molecule has 1 fully saturated rings. The lowest BCUT2D eigenvalue weighted by Gasteiger charge is -2.14. The van der Waals surface area contributed by atoms with Gasteiger partial charge < -0.3 is 15.2 Å². The van der Waals surface area contributed by atoms with Crippen molar-refractivity contribution in [3.63, 3.8) is 0 Å². The zero-order chi connectivity index (χ0) is 14.2. The van der Waals surface area contributed by atoms with Gasteiger partial charge in [-0.1, -0.05) is 0 Å². The molecule has 0 aliphatic carbocycles. The van der Waals surface area contributed by atoms with Gasteiger partial charge in [0.05, 0.1) is 7.11 Å². The molecule has 2 rings (SSSR count). The third-order valence-electron chi connectivity index (χ3n) is 3.10. The fraction of sp³-hybridized carbons (Fsp3) is 0.333. The first-order valence-electron chi connectivity index (χ1n) is 5.49. The lowest BCUT2D eigenvalue weighted by atomic mass is 9.88. The van der Waals surface area contributed by atoms with E-state index in [9.17, 15) is 18.4 Å². The zero-order valence-electron chi connectivity index (χ0n) is 9.94. The van der Waals surface area contributed by atoms with Crippen molar-refractivity contribution in [3.8, 4) is 5.75 Å². The Hall–Kier alpha value is -2.18. The Kier molecular flexibility index (Phi) is 3.37. The minimum absolute atomic E-state index is 0.0288. The number of hydrogen-bond acceptors (Lipinski definition) is 3. The van der Waals surface area contributed by atoms with Crippen LogP contribution in [0.1, 0.15) is 11.5 Å². The molecule has 1 aromatic carbocycles. The maximum atomic E-state index is 13.6. The summed E-state index contributed by atoms with van der Waals surface area (Å²) in [5.74, 6) is -6.52. The van der Waals surface area contributed by atoms with Crippen molar-refractivity contribution in [2.75, 3.05) is 13.7 Å². The molecule has 1 aromatic rings. The van der Waals surface area contributed by atoms with E-state index in [-0.39, 0.29) is 12.1 Å². The van der Waals surface area contributed by atoms with Gasteiger partial charge in [-0.3, -0.25) is 9.59 Å². The second kappa shape index (κ2) is 4.83. The summed E-state index contributed by atoms with van der Waals surface area (Å²) in [7, 11) is 1.13. The molecule has 5 nitrogen and oxygen atoms in total. The van der Waals surface area contributed by atoms with Crippen LogP contribution in [0.4, 0.5) is 8.78 Å². The lowest BCUT2D eigenvalue weighted by Crippen LogP contribution is -2.26. The Balaban J connectivity index is 2.42.